The van der Waals surface area contributed by atoms with Gasteiger partial charge in [-0.2, -0.15) is 13.2 Å². The lowest BCUT2D eigenvalue weighted by Crippen LogP contribution is -2.20. The molecule has 0 saturated heterocycles. The third-order valence-electron chi connectivity index (χ3n) is 3.58. The van der Waals surface area contributed by atoms with Crippen molar-refractivity contribution in [2.24, 2.45) is 7.05 Å². The molecule has 6 nitrogen and oxygen atoms in total. The minimum absolute atomic E-state index is 0.123. The highest BCUT2D eigenvalue weighted by atomic mass is 32.2. The largest absolute Gasteiger partial charge is 0.416 e. The monoisotopic (exact) mass is 364 g/mol. The van der Waals surface area contributed by atoms with Gasteiger partial charge in [0.2, 0.25) is 0 Å². The first-order chi connectivity index (χ1) is 10.8. The molecule has 0 fully saturated rings. The first kappa shape index (κ1) is 18.3. The Morgan fingerprint density at radius 2 is 1.88 bits per heavy atom. The normalized spacial score (nSPS) is 14.0. The molecule has 0 aliphatic rings. The van der Waals surface area contributed by atoms with Crippen molar-refractivity contribution >= 4 is 9.84 Å². The van der Waals surface area contributed by atoms with Gasteiger partial charge in [-0.1, -0.05) is 6.07 Å². The number of H-pyrrole nitrogens is 1. The number of hydrogen-bond donors (Lipinski definition) is 2. The quantitative estimate of drug-likeness (QED) is 0.864. The number of sulfone groups is 1. The molecule has 0 spiro atoms. The Hall–Kier alpha value is -2.07. The summed E-state index contributed by atoms with van der Waals surface area (Å²) in [5, 5.41) is 13.1. The summed E-state index contributed by atoms with van der Waals surface area (Å²) in [4.78, 5) is 11.4. The van der Waals surface area contributed by atoms with Crippen molar-refractivity contribution in [3.63, 3.8) is 0 Å². The van der Waals surface area contributed by atoms with Gasteiger partial charge >= 0.3 is 6.18 Å². The van der Waals surface area contributed by atoms with Gasteiger partial charge in [0.15, 0.2) is 9.84 Å². The zero-order valence-electron chi connectivity index (χ0n) is 13.0. The van der Waals surface area contributed by atoms with Gasteiger partial charge in [-0.25, -0.2) is 8.42 Å². The molecule has 0 radical (unpaired) electrons. The van der Waals surface area contributed by atoms with Crippen LogP contribution in [-0.2, 0) is 23.1 Å². The van der Waals surface area contributed by atoms with E-state index >= 15 is 0 Å². The van der Waals surface area contributed by atoms with Gasteiger partial charge in [-0.15, -0.1) is 0 Å². The van der Waals surface area contributed by atoms with Crippen LogP contribution in [0, 0.1) is 6.92 Å². The summed E-state index contributed by atoms with van der Waals surface area (Å²) in [7, 11) is -2.67. The van der Waals surface area contributed by atoms with Crippen LogP contribution in [0.5, 0.6) is 0 Å². The summed E-state index contributed by atoms with van der Waals surface area (Å²) in [6, 6.07) is 2.00. The van der Waals surface area contributed by atoms with Crippen molar-refractivity contribution in [2.75, 3.05) is 6.26 Å². The predicted molar refractivity (Wildman–Crippen MR) is 79.4 cm³/mol. The van der Waals surface area contributed by atoms with Crippen molar-refractivity contribution in [3.8, 4) is 0 Å². The van der Waals surface area contributed by atoms with E-state index in [0.29, 0.717) is 12.1 Å². The van der Waals surface area contributed by atoms with Crippen LogP contribution < -0.4 is 5.56 Å². The molecule has 132 valence electrons. The predicted octanol–water partition coefficient (Wildman–Crippen LogP) is 1.53. The summed E-state index contributed by atoms with van der Waals surface area (Å²) in [6.07, 6.45) is -5.67. The molecule has 1 aromatic carbocycles. The first-order valence-electron chi connectivity index (χ1n) is 6.68. The molecule has 24 heavy (non-hydrogen) atoms. The van der Waals surface area contributed by atoms with Crippen LogP contribution in [0.3, 0.4) is 0 Å². The minimum Gasteiger partial charge on any atom is -0.383 e. The summed E-state index contributed by atoms with van der Waals surface area (Å²) in [6.45, 7) is 1.49. The Kier molecular flexibility index (Phi) is 4.40. The van der Waals surface area contributed by atoms with Crippen LogP contribution in [0.1, 0.15) is 28.5 Å². The maximum absolute atomic E-state index is 12.8. The van der Waals surface area contributed by atoms with E-state index in [1.54, 1.807) is 0 Å². The number of aromatic amines is 1. The molecule has 1 atom stereocenters. The van der Waals surface area contributed by atoms with Gasteiger partial charge in [-0.05, 0) is 19.1 Å². The summed E-state index contributed by atoms with van der Waals surface area (Å²) in [5.74, 6) is 0. The van der Waals surface area contributed by atoms with Crippen molar-refractivity contribution < 1.29 is 26.7 Å². The average molecular weight is 364 g/mol. The third kappa shape index (κ3) is 3.24. The van der Waals surface area contributed by atoms with E-state index in [2.05, 4.69) is 5.10 Å². The Bertz CT molecular complexity index is 942. The summed E-state index contributed by atoms with van der Waals surface area (Å²) < 4.78 is 63.3. The molecule has 0 aliphatic carbocycles. The lowest BCUT2D eigenvalue weighted by molar-refractivity contribution is -0.137. The molecule has 2 rings (SSSR count). The molecule has 2 aromatic rings. The number of benzene rings is 1. The fourth-order valence-corrected chi connectivity index (χ4v) is 3.39. The SMILES string of the molecule is Cc1[nH]n(C)c(=O)c1C(O)c1ccc(C(F)(F)F)cc1S(C)(=O)=O. The van der Waals surface area contributed by atoms with E-state index in [0.717, 1.165) is 17.0 Å². The molecule has 0 aliphatic heterocycles. The molecule has 0 amide bonds. The van der Waals surface area contributed by atoms with Crippen LogP contribution in [-0.4, -0.2) is 29.6 Å². The molecule has 2 N–H and O–H groups in total. The van der Waals surface area contributed by atoms with Crippen molar-refractivity contribution in [2.45, 2.75) is 24.1 Å². The first-order valence-corrected chi connectivity index (χ1v) is 8.58. The van der Waals surface area contributed by atoms with E-state index in [1.807, 2.05) is 0 Å². The number of hydrogen-bond acceptors (Lipinski definition) is 4. The number of nitrogens with zero attached hydrogens (tertiary/aromatic N) is 1. The average Bonchev–Trinajstić information content (AvgIpc) is 2.69. The lowest BCUT2D eigenvalue weighted by atomic mass is 10.0. The maximum atomic E-state index is 12.8. The van der Waals surface area contributed by atoms with Crippen LogP contribution in [0.25, 0.3) is 0 Å². The van der Waals surface area contributed by atoms with Gasteiger partial charge in [0.1, 0.15) is 6.10 Å². The lowest BCUT2D eigenvalue weighted by Gasteiger charge is -2.16. The minimum atomic E-state index is -4.73. The van der Waals surface area contributed by atoms with Crippen LogP contribution in [0.4, 0.5) is 13.2 Å². The van der Waals surface area contributed by atoms with Gasteiger partial charge in [0.25, 0.3) is 5.56 Å². The zero-order valence-corrected chi connectivity index (χ0v) is 13.8. The van der Waals surface area contributed by atoms with E-state index in [-0.39, 0.29) is 16.8 Å². The number of aliphatic hydroxyl groups excluding tert-OH is 1. The standard InChI is InChI=1S/C14H15F3N2O4S/c1-7-11(13(21)19(2)18-7)12(20)9-5-4-8(14(15,16)17)6-10(9)24(3,22)23/h4-6,12,18,20H,1-3H3. The smallest absolute Gasteiger partial charge is 0.383 e. The van der Waals surface area contributed by atoms with Gasteiger partial charge in [-0.3, -0.25) is 14.6 Å². The van der Waals surface area contributed by atoms with Crippen molar-refractivity contribution in [1.82, 2.24) is 9.78 Å². The molecular formula is C14H15F3N2O4S. The summed E-state index contributed by atoms with van der Waals surface area (Å²) in [5.41, 5.74) is -1.88. The van der Waals surface area contributed by atoms with Crippen LogP contribution >= 0.6 is 0 Å². The number of aryl methyl sites for hydroxylation is 2. The molecule has 1 aromatic heterocycles. The highest BCUT2D eigenvalue weighted by Crippen LogP contribution is 2.35. The highest BCUT2D eigenvalue weighted by molar-refractivity contribution is 7.90. The molecule has 0 saturated carbocycles. The summed E-state index contributed by atoms with van der Waals surface area (Å²) >= 11 is 0. The van der Waals surface area contributed by atoms with Gasteiger partial charge < -0.3 is 5.11 Å². The van der Waals surface area contributed by atoms with Gasteiger partial charge in [0.05, 0.1) is 16.0 Å². The van der Waals surface area contributed by atoms with E-state index in [1.165, 1.54) is 14.0 Å². The van der Waals surface area contributed by atoms with Crippen LogP contribution in [0.15, 0.2) is 27.9 Å². The molecule has 0 bridgehead atoms. The Balaban J connectivity index is 2.72. The van der Waals surface area contributed by atoms with E-state index in [9.17, 15) is 31.5 Å². The van der Waals surface area contributed by atoms with Crippen LogP contribution in [0.2, 0.25) is 0 Å². The molecule has 10 heteroatoms. The topological polar surface area (TPSA) is 92.2 Å². The second kappa shape index (κ2) is 5.78. The van der Waals surface area contributed by atoms with E-state index < -0.39 is 38.1 Å². The Morgan fingerprint density at radius 3 is 2.29 bits per heavy atom. The fraction of sp³-hybridized carbons (Fsp3) is 0.357. The fourth-order valence-electron chi connectivity index (χ4n) is 2.44. The number of alkyl halides is 3. The van der Waals surface area contributed by atoms with Crippen molar-refractivity contribution in [1.29, 1.82) is 0 Å². The highest BCUT2D eigenvalue weighted by Gasteiger charge is 2.34. The third-order valence-corrected chi connectivity index (χ3v) is 4.74. The number of halogens is 3. The molecule has 1 heterocycles. The Morgan fingerprint density at radius 1 is 1.29 bits per heavy atom. The number of nitrogens with one attached hydrogen (secondary N) is 1. The van der Waals surface area contributed by atoms with E-state index in [4.69, 9.17) is 0 Å². The number of aliphatic hydroxyl groups is 1. The number of aromatic nitrogens is 2. The zero-order chi connectivity index (χ0) is 18.4. The molecule has 1 unspecified atom stereocenters. The second-order valence-corrected chi connectivity index (χ2v) is 7.42. The second-order valence-electron chi connectivity index (χ2n) is 5.44. The molecular weight excluding hydrogens is 349 g/mol. The number of rotatable bonds is 3. The Labute approximate surface area is 135 Å². The van der Waals surface area contributed by atoms with Gasteiger partial charge in [0, 0.05) is 24.6 Å². The maximum Gasteiger partial charge on any atom is 0.416 e. The van der Waals surface area contributed by atoms with Crippen molar-refractivity contribution in [3.05, 3.63) is 50.9 Å².